The molecule has 1 saturated carbocycles. The third-order valence-electron chi connectivity index (χ3n) is 4.35. The van der Waals surface area contributed by atoms with Crippen LogP contribution in [0.25, 0.3) is 11.1 Å². The average molecular weight is 456 g/mol. The first kappa shape index (κ1) is 26.6. The van der Waals surface area contributed by atoms with Gasteiger partial charge < -0.3 is 12.2 Å². The molecule has 1 fully saturated rings. The number of ether oxygens (including phenoxy) is 1. The van der Waals surface area contributed by atoms with Crippen LogP contribution in [0, 0.1) is 39.5 Å². The zero-order valence-electron chi connectivity index (χ0n) is 18.0. The molecule has 3 rings (SSSR count). The van der Waals surface area contributed by atoms with Crippen molar-refractivity contribution in [2.24, 2.45) is 5.92 Å². The van der Waals surface area contributed by atoms with Crippen LogP contribution in [0.4, 0.5) is 0 Å². The molecule has 0 amide bonds. The summed E-state index contributed by atoms with van der Waals surface area (Å²) in [5.41, 5.74) is 3.04. The number of terminal acetylenes is 1. The molecule has 1 atom stereocenters. The second-order valence-corrected chi connectivity index (χ2v) is 6.46. The van der Waals surface area contributed by atoms with Crippen LogP contribution in [0.15, 0.2) is 29.1 Å². The second-order valence-electron chi connectivity index (χ2n) is 6.46. The van der Waals surface area contributed by atoms with Crippen molar-refractivity contribution in [3.8, 4) is 29.2 Å². The van der Waals surface area contributed by atoms with Gasteiger partial charge in [0.2, 0.25) is 0 Å². The Kier molecular flexibility index (Phi) is 11.6. The maximum atomic E-state index is 13.1. The van der Waals surface area contributed by atoms with E-state index in [1.807, 2.05) is 52.0 Å². The smallest absolute Gasteiger partial charge is 0.278 e. The summed E-state index contributed by atoms with van der Waals surface area (Å²) in [5, 5.41) is 4.47. The van der Waals surface area contributed by atoms with Gasteiger partial charge in [0.25, 0.3) is 5.56 Å². The Bertz CT molecular complexity index is 864. The predicted molar refractivity (Wildman–Crippen MR) is 113 cm³/mol. The Hall–Kier alpha value is -1.44. The van der Waals surface area contributed by atoms with Crippen LogP contribution in [0.2, 0.25) is 0 Å². The van der Waals surface area contributed by atoms with Crippen molar-refractivity contribution in [3.63, 3.8) is 0 Å². The largest absolute Gasteiger partial charge is 0.475 e. The van der Waals surface area contributed by atoms with Crippen molar-refractivity contribution >= 4 is 0 Å². The topological polar surface area (TPSA) is 44.1 Å². The average Bonchev–Trinajstić information content (AvgIpc) is 3.46. The minimum Gasteiger partial charge on any atom is -0.475 e. The van der Waals surface area contributed by atoms with E-state index in [1.165, 1.54) is 12.8 Å². The first-order valence-electron chi connectivity index (χ1n) is 9.31. The molecule has 2 aromatic rings. The fourth-order valence-corrected chi connectivity index (χ4v) is 2.79. The van der Waals surface area contributed by atoms with Gasteiger partial charge in [-0.3, -0.25) is 4.79 Å². The third kappa shape index (κ3) is 6.29. The first-order valence-corrected chi connectivity index (χ1v) is 9.31. The van der Waals surface area contributed by atoms with E-state index in [0.717, 1.165) is 11.1 Å². The fraction of sp³-hybridized carbons (Fsp3) is 0.435. The zero-order valence-corrected chi connectivity index (χ0v) is 20.8. The Morgan fingerprint density at radius 1 is 1.29 bits per heavy atom. The van der Waals surface area contributed by atoms with Gasteiger partial charge in [0.15, 0.2) is 11.9 Å². The molecule has 1 radical (unpaired) electrons. The molecule has 0 spiro atoms. The third-order valence-corrected chi connectivity index (χ3v) is 4.35. The molecule has 0 bridgehead atoms. The Labute approximate surface area is 195 Å². The van der Waals surface area contributed by atoms with Crippen molar-refractivity contribution in [1.82, 2.24) is 9.78 Å². The molecule has 4 nitrogen and oxygen atoms in total. The summed E-state index contributed by atoms with van der Waals surface area (Å²) in [6.07, 6.45) is 7.36. The Morgan fingerprint density at radius 2 is 1.89 bits per heavy atom. The minimum absolute atomic E-state index is 0. The van der Waals surface area contributed by atoms with Crippen LogP contribution in [-0.2, 0) is 39.3 Å². The second kappa shape index (κ2) is 12.2. The van der Waals surface area contributed by atoms with Crippen molar-refractivity contribution in [3.05, 3.63) is 53.3 Å². The van der Waals surface area contributed by atoms with E-state index in [-0.39, 0.29) is 45.7 Å². The van der Waals surface area contributed by atoms with Crippen LogP contribution in [0.5, 0.6) is 5.75 Å². The predicted octanol–water partition coefficient (Wildman–Crippen LogP) is 4.81. The summed E-state index contributed by atoms with van der Waals surface area (Å²) >= 11 is 0. The minimum atomic E-state index is -0.424. The molecule has 5 heteroatoms. The molecular weight excluding hydrogens is 425 g/mol. The van der Waals surface area contributed by atoms with E-state index in [2.05, 4.69) is 11.0 Å². The summed E-state index contributed by atoms with van der Waals surface area (Å²) in [4.78, 5) is 13.1. The van der Waals surface area contributed by atoms with Crippen LogP contribution in [0.1, 0.15) is 44.9 Å². The number of rotatable bonds is 5. The molecule has 28 heavy (non-hydrogen) atoms. The Balaban J connectivity index is 0.00000177. The van der Waals surface area contributed by atoms with Gasteiger partial charge in [0, 0.05) is 39.3 Å². The Morgan fingerprint density at radius 3 is 2.43 bits per heavy atom. The van der Waals surface area contributed by atoms with Gasteiger partial charge in [-0.25, -0.2) is 4.68 Å². The van der Waals surface area contributed by atoms with E-state index in [1.54, 1.807) is 11.6 Å². The molecule has 1 unspecified atom stereocenters. The van der Waals surface area contributed by atoms with Gasteiger partial charge in [-0.1, -0.05) is 44.0 Å². The summed E-state index contributed by atoms with van der Waals surface area (Å²) in [5.74, 6) is 3.61. The van der Waals surface area contributed by atoms with Crippen molar-refractivity contribution in [2.75, 3.05) is 0 Å². The summed E-state index contributed by atoms with van der Waals surface area (Å²) in [6, 6.07) is 7.82. The molecule has 1 heterocycles. The molecule has 1 aromatic heterocycles. The number of benzene rings is 1. The monoisotopic (exact) mass is 456 g/mol. The van der Waals surface area contributed by atoms with Crippen molar-refractivity contribution < 1.29 is 37.4 Å². The number of hydrogen-bond acceptors (Lipinski definition) is 3. The SMILES string of the molecule is C#CC(C)Oc1c(C)nn(CC2CC2)c(=O)c1-c1ccccc1C.CC.[CH3-].[Y]. The molecule has 1 aliphatic carbocycles. The van der Waals surface area contributed by atoms with Crippen LogP contribution in [-0.4, -0.2) is 15.9 Å². The molecule has 0 aliphatic heterocycles. The maximum Gasteiger partial charge on any atom is 0.278 e. The number of aromatic nitrogens is 2. The quantitative estimate of drug-likeness (QED) is 0.479. The molecule has 1 aromatic carbocycles. The van der Waals surface area contributed by atoms with E-state index in [0.29, 0.717) is 29.5 Å². The van der Waals surface area contributed by atoms with Crippen LogP contribution in [0.3, 0.4) is 0 Å². The van der Waals surface area contributed by atoms with Crippen molar-refractivity contribution in [1.29, 1.82) is 0 Å². The van der Waals surface area contributed by atoms with E-state index >= 15 is 0 Å². The zero-order chi connectivity index (χ0) is 19.3. The van der Waals surface area contributed by atoms with Gasteiger partial charge in [-0.15, -0.1) is 6.42 Å². The van der Waals surface area contributed by atoms with Crippen molar-refractivity contribution in [2.45, 2.75) is 60.1 Å². The molecule has 0 saturated heterocycles. The summed E-state index contributed by atoms with van der Waals surface area (Å²) in [6.45, 7) is 10.3. The standard InChI is InChI=1S/C20H22N2O2.C2H6.CH3.Y/c1-5-14(3)24-19-15(4)21-22(12-16-10-11-16)20(23)18(19)17-9-7-6-8-13(17)2;1-2;;/h1,6-9,14,16H,10-12H2,2-4H3;1-2H3;1H3;/q;;-1;. The maximum absolute atomic E-state index is 13.1. The molecule has 0 N–H and O–H groups in total. The summed E-state index contributed by atoms with van der Waals surface area (Å²) in [7, 11) is 0. The first-order chi connectivity index (χ1) is 12.5. The van der Waals surface area contributed by atoms with Gasteiger partial charge in [0.05, 0.1) is 5.56 Å². The number of aryl methyl sites for hydroxylation is 2. The number of nitrogens with zero attached hydrogens (tertiary/aromatic N) is 2. The van der Waals surface area contributed by atoms with E-state index < -0.39 is 6.10 Å². The summed E-state index contributed by atoms with van der Waals surface area (Å²) < 4.78 is 7.46. The molecular formula is C23H31N2O2Y-. The fourth-order valence-electron chi connectivity index (χ4n) is 2.79. The van der Waals surface area contributed by atoms with Gasteiger partial charge in [0.1, 0.15) is 5.69 Å². The van der Waals surface area contributed by atoms with Gasteiger partial charge in [-0.2, -0.15) is 5.10 Å². The number of hydrogen-bond donors (Lipinski definition) is 0. The normalized spacial score (nSPS) is 13.0. The van der Waals surface area contributed by atoms with E-state index in [9.17, 15) is 4.79 Å². The van der Waals surface area contributed by atoms with Crippen LogP contribution >= 0.6 is 0 Å². The van der Waals surface area contributed by atoms with Gasteiger partial charge in [-0.05, 0) is 50.7 Å². The van der Waals surface area contributed by atoms with Crippen LogP contribution < -0.4 is 10.3 Å². The van der Waals surface area contributed by atoms with E-state index in [4.69, 9.17) is 11.2 Å². The molecule has 1 aliphatic rings. The van der Waals surface area contributed by atoms with Gasteiger partial charge >= 0.3 is 0 Å². The molecule has 149 valence electrons.